The fourth-order valence-corrected chi connectivity index (χ4v) is 1.84. The summed E-state index contributed by atoms with van der Waals surface area (Å²) < 4.78 is 5.07. The van der Waals surface area contributed by atoms with Gasteiger partial charge in [0.2, 0.25) is 0 Å². The summed E-state index contributed by atoms with van der Waals surface area (Å²) in [4.78, 5) is 0.873. The third-order valence-corrected chi connectivity index (χ3v) is 2.57. The lowest BCUT2D eigenvalue weighted by atomic mass is 10.2. The summed E-state index contributed by atoms with van der Waals surface area (Å²) in [5.41, 5.74) is 0. The quantitative estimate of drug-likeness (QED) is 0.728. The molecule has 0 amide bonds. The monoisotopic (exact) mass is 184 g/mol. The number of hydrogen-bond acceptors (Lipinski definition) is 3. The van der Waals surface area contributed by atoms with Crippen molar-refractivity contribution in [3.63, 3.8) is 0 Å². The highest BCUT2D eigenvalue weighted by Gasteiger charge is 2.12. The summed E-state index contributed by atoms with van der Waals surface area (Å²) in [7, 11) is 1.60. The highest BCUT2D eigenvalue weighted by Crippen LogP contribution is 2.32. The summed E-state index contributed by atoms with van der Waals surface area (Å²) in [6.07, 6.45) is 1.79. The van der Waals surface area contributed by atoms with Crippen LogP contribution in [0.4, 0.5) is 0 Å². The first-order valence-corrected chi connectivity index (χ1v) is 4.58. The highest BCUT2D eigenvalue weighted by molar-refractivity contribution is 7.10. The molecule has 1 aromatic heterocycles. The Kier molecular flexibility index (Phi) is 3.31. The van der Waals surface area contributed by atoms with E-state index in [1.165, 1.54) is 11.3 Å². The molecule has 1 unspecified atom stereocenters. The van der Waals surface area contributed by atoms with Crippen LogP contribution in [0.15, 0.2) is 24.1 Å². The summed E-state index contributed by atoms with van der Waals surface area (Å²) in [5, 5.41) is 11.5. The lowest BCUT2D eigenvalue weighted by Gasteiger charge is -2.07. The molecule has 2 nitrogen and oxygen atoms in total. The number of aliphatic hydroxyl groups excluding tert-OH is 1. The van der Waals surface area contributed by atoms with E-state index in [2.05, 4.69) is 6.58 Å². The Balaban J connectivity index is 2.78. The van der Waals surface area contributed by atoms with E-state index in [1.54, 1.807) is 13.2 Å². The number of aliphatic hydroxyl groups is 1. The average Bonchev–Trinajstić information content (AvgIpc) is 2.51. The van der Waals surface area contributed by atoms with E-state index in [9.17, 15) is 5.11 Å². The smallest absolute Gasteiger partial charge is 0.135 e. The van der Waals surface area contributed by atoms with Gasteiger partial charge in [-0.05, 0) is 17.9 Å². The van der Waals surface area contributed by atoms with Crippen molar-refractivity contribution in [1.29, 1.82) is 0 Å². The number of rotatable bonds is 4. The van der Waals surface area contributed by atoms with Crippen LogP contribution in [0.2, 0.25) is 0 Å². The number of methoxy groups -OCH3 is 1. The Morgan fingerprint density at radius 3 is 3.17 bits per heavy atom. The van der Waals surface area contributed by atoms with Gasteiger partial charge in [-0.15, -0.1) is 17.9 Å². The van der Waals surface area contributed by atoms with Crippen molar-refractivity contribution in [2.45, 2.75) is 12.5 Å². The molecule has 1 atom stereocenters. The van der Waals surface area contributed by atoms with Gasteiger partial charge in [-0.25, -0.2) is 0 Å². The van der Waals surface area contributed by atoms with Crippen molar-refractivity contribution in [2.24, 2.45) is 0 Å². The van der Waals surface area contributed by atoms with Crippen molar-refractivity contribution >= 4 is 11.3 Å². The van der Waals surface area contributed by atoms with Crippen LogP contribution in [0.5, 0.6) is 5.75 Å². The molecule has 1 heterocycles. The van der Waals surface area contributed by atoms with Gasteiger partial charge >= 0.3 is 0 Å². The maximum Gasteiger partial charge on any atom is 0.135 e. The lowest BCUT2D eigenvalue weighted by Crippen LogP contribution is -1.94. The lowest BCUT2D eigenvalue weighted by molar-refractivity contribution is 0.181. The second-order valence-electron chi connectivity index (χ2n) is 2.39. The fraction of sp³-hybridized carbons (Fsp3) is 0.333. The molecule has 0 aliphatic heterocycles. The van der Waals surface area contributed by atoms with Crippen molar-refractivity contribution < 1.29 is 9.84 Å². The predicted molar refractivity (Wildman–Crippen MR) is 50.6 cm³/mol. The Hall–Kier alpha value is -0.800. The van der Waals surface area contributed by atoms with E-state index in [1.807, 2.05) is 11.4 Å². The molecule has 1 aromatic rings. The standard InChI is InChI=1S/C9H12O2S/c1-3-4-7(10)9-8(11-2)5-6-12-9/h3,5-7,10H,1,4H2,2H3. The Morgan fingerprint density at radius 2 is 2.58 bits per heavy atom. The van der Waals surface area contributed by atoms with Gasteiger partial charge in [0.1, 0.15) is 5.75 Å². The van der Waals surface area contributed by atoms with Crippen molar-refractivity contribution in [2.75, 3.05) is 7.11 Å². The summed E-state index contributed by atoms with van der Waals surface area (Å²) in [6, 6.07) is 1.85. The average molecular weight is 184 g/mol. The van der Waals surface area contributed by atoms with Crippen LogP contribution in [0.3, 0.4) is 0 Å². The zero-order chi connectivity index (χ0) is 8.97. The number of thiophene rings is 1. The largest absolute Gasteiger partial charge is 0.495 e. The van der Waals surface area contributed by atoms with Gasteiger partial charge in [-0.1, -0.05) is 6.08 Å². The molecule has 0 aliphatic rings. The second-order valence-corrected chi connectivity index (χ2v) is 3.34. The molecule has 0 spiro atoms. The molecule has 0 aromatic carbocycles. The second kappa shape index (κ2) is 4.28. The van der Waals surface area contributed by atoms with Crippen LogP contribution in [0.25, 0.3) is 0 Å². The molecule has 0 fully saturated rings. The minimum atomic E-state index is -0.475. The van der Waals surface area contributed by atoms with Crippen LogP contribution in [-0.4, -0.2) is 12.2 Å². The van der Waals surface area contributed by atoms with Gasteiger partial charge < -0.3 is 9.84 Å². The minimum Gasteiger partial charge on any atom is -0.495 e. The van der Waals surface area contributed by atoms with Gasteiger partial charge in [0.05, 0.1) is 18.1 Å². The van der Waals surface area contributed by atoms with Crippen LogP contribution >= 0.6 is 11.3 Å². The molecule has 0 saturated carbocycles. The van der Waals surface area contributed by atoms with Gasteiger partial charge in [-0.3, -0.25) is 0 Å². The van der Waals surface area contributed by atoms with E-state index in [4.69, 9.17) is 4.74 Å². The maximum absolute atomic E-state index is 9.58. The van der Waals surface area contributed by atoms with Gasteiger partial charge in [0.15, 0.2) is 0 Å². The maximum atomic E-state index is 9.58. The zero-order valence-electron chi connectivity index (χ0n) is 6.99. The van der Waals surface area contributed by atoms with E-state index < -0.39 is 6.10 Å². The Bertz CT molecular complexity index is 255. The van der Waals surface area contributed by atoms with Gasteiger partial charge in [0.25, 0.3) is 0 Å². The van der Waals surface area contributed by atoms with Crippen LogP contribution in [-0.2, 0) is 0 Å². The summed E-state index contributed by atoms with van der Waals surface area (Å²) in [5.74, 6) is 0.759. The summed E-state index contributed by atoms with van der Waals surface area (Å²) in [6.45, 7) is 3.57. The molecule has 3 heteroatoms. The first-order valence-electron chi connectivity index (χ1n) is 3.70. The molecule has 12 heavy (non-hydrogen) atoms. The topological polar surface area (TPSA) is 29.5 Å². The third-order valence-electron chi connectivity index (χ3n) is 1.57. The third kappa shape index (κ3) is 1.87. The van der Waals surface area contributed by atoms with Crippen LogP contribution in [0, 0.1) is 0 Å². The zero-order valence-corrected chi connectivity index (χ0v) is 7.80. The van der Waals surface area contributed by atoms with Crippen LogP contribution < -0.4 is 4.74 Å². The molecule has 0 radical (unpaired) electrons. The molecule has 0 saturated heterocycles. The highest BCUT2D eigenvalue weighted by atomic mass is 32.1. The van der Waals surface area contributed by atoms with E-state index in [-0.39, 0.29) is 0 Å². The van der Waals surface area contributed by atoms with Crippen LogP contribution in [0.1, 0.15) is 17.4 Å². The molecular formula is C9H12O2S. The first-order chi connectivity index (χ1) is 5.79. The number of ether oxygens (including phenoxy) is 1. The van der Waals surface area contributed by atoms with E-state index in [0.29, 0.717) is 6.42 Å². The normalized spacial score (nSPS) is 12.5. The molecule has 1 N–H and O–H groups in total. The van der Waals surface area contributed by atoms with Crippen molar-refractivity contribution in [3.8, 4) is 5.75 Å². The Morgan fingerprint density at radius 1 is 1.83 bits per heavy atom. The van der Waals surface area contributed by atoms with E-state index in [0.717, 1.165) is 10.6 Å². The van der Waals surface area contributed by atoms with Crippen molar-refractivity contribution in [1.82, 2.24) is 0 Å². The molecule has 0 aliphatic carbocycles. The van der Waals surface area contributed by atoms with E-state index >= 15 is 0 Å². The van der Waals surface area contributed by atoms with Gasteiger partial charge in [-0.2, -0.15) is 0 Å². The minimum absolute atomic E-state index is 0.475. The first kappa shape index (κ1) is 9.29. The van der Waals surface area contributed by atoms with Gasteiger partial charge in [0, 0.05) is 0 Å². The SMILES string of the molecule is C=CCC(O)c1sccc1OC. The molecule has 66 valence electrons. The van der Waals surface area contributed by atoms with Crippen molar-refractivity contribution in [3.05, 3.63) is 29.0 Å². The predicted octanol–water partition coefficient (Wildman–Crippen LogP) is 2.37. The Labute approximate surface area is 76.1 Å². The fourth-order valence-electron chi connectivity index (χ4n) is 0.986. The molecule has 1 rings (SSSR count). The molecule has 0 bridgehead atoms. The summed E-state index contributed by atoms with van der Waals surface area (Å²) >= 11 is 1.50. The number of hydrogen-bond donors (Lipinski definition) is 1. The molecular weight excluding hydrogens is 172 g/mol.